The van der Waals surface area contributed by atoms with Crippen molar-refractivity contribution in [2.24, 2.45) is 0 Å². The maximum absolute atomic E-state index is 12.0. The molecule has 0 aliphatic carbocycles. The molecule has 1 aromatic carbocycles. The Hall–Kier alpha value is -1.36. The summed E-state index contributed by atoms with van der Waals surface area (Å²) in [7, 11) is -3.57. The zero-order valence-corrected chi connectivity index (χ0v) is 12.4. The van der Waals surface area contributed by atoms with Gasteiger partial charge < -0.3 is 0 Å². The van der Waals surface area contributed by atoms with Gasteiger partial charge >= 0.3 is 0 Å². The molecule has 0 bridgehead atoms. The topological polar surface area (TPSA) is 63.2 Å². The van der Waals surface area contributed by atoms with Gasteiger partial charge in [0.1, 0.15) is 0 Å². The molecular formula is C14H21NO3S. The molecule has 106 valence electrons. The van der Waals surface area contributed by atoms with Gasteiger partial charge in [0.15, 0.2) is 0 Å². The number of hydrogen-bond donors (Lipinski definition) is 1. The van der Waals surface area contributed by atoms with Gasteiger partial charge in [-0.2, -0.15) is 0 Å². The minimum atomic E-state index is -3.57. The molecule has 0 aliphatic heterocycles. The number of rotatable bonds is 6. The van der Waals surface area contributed by atoms with Crippen LogP contribution in [0, 0.1) is 0 Å². The second-order valence-electron chi connectivity index (χ2n) is 4.74. The van der Waals surface area contributed by atoms with Gasteiger partial charge in [-0.3, -0.25) is 9.52 Å². The molecule has 2 atom stereocenters. The van der Waals surface area contributed by atoms with Crippen LogP contribution in [0.1, 0.15) is 45.1 Å². The van der Waals surface area contributed by atoms with Gasteiger partial charge in [0.05, 0.1) is 11.2 Å². The van der Waals surface area contributed by atoms with Crippen LogP contribution in [-0.2, 0) is 14.8 Å². The maximum atomic E-state index is 12.0. The van der Waals surface area contributed by atoms with Gasteiger partial charge in [0, 0.05) is 0 Å². The van der Waals surface area contributed by atoms with Crippen LogP contribution in [0.4, 0.5) is 0 Å². The van der Waals surface area contributed by atoms with E-state index in [9.17, 15) is 13.2 Å². The average Bonchev–Trinajstić information content (AvgIpc) is 2.38. The fourth-order valence-corrected chi connectivity index (χ4v) is 2.99. The standard InChI is InChI=1S/C14H21NO3S/c1-4-8-11(2)19(17,18)15-14(16)12(3)13-9-6-5-7-10-13/h5-7,9-12H,4,8H2,1-3H3,(H,15,16). The summed E-state index contributed by atoms with van der Waals surface area (Å²) in [6.07, 6.45) is 1.31. The minimum absolute atomic E-state index is 0.478. The molecule has 0 spiro atoms. The van der Waals surface area contributed by atoms with Crippen molar-refractivity contribution in [1.29, 1.82) is 0 Å². The highest BCUT2D eigenvalue weighted by molar-refractivity contribution is 7.90. The fraction of sp³-hybridized carbons (Fsp3) is 0.500. The normalized spacial score (nSPS) is 14.7. The molecule has 2 unspecified atom stereocenters. The van der Waals surface area contributed by atoms with Crippen molar-refractivity contribution >= 4 is 15.9 Å². The van der Waals surface area contributed by atoms with E-state index in [1.54, 1.807) is 13.8 Å². The zero-order valence-electron chi connectivity index (χ0n) is 11.6. The average molecular weight is 283 g/mol. The number of amides is 1. The first-order chi connectivity index (χ1) is 8.88. The van der Waals surface area contributed by atoms with Gasteiger partial charge in [0.25, 0.3) is 0 Å². The second kappa shape index (κ2) is 6.70. The van der Waals surface area contributed by atoms with Crippen LogP contribution < -0.4 is 4.72 Å². The third-order valence-corrected chi connectivity index (χ3v) is 4.94. The van der Waals surface area contributed by atoms with Gasteiger partial charge in [-0.05, 0) is 25.8 Å². The number of hydrogen-bond acceptors (Lipinski definition) is 3. The lowest BCUT2D eigenvalue weighted by Crippen LogP contribution is -2.39. The largest absolute Gasteiger partial charge is 0.273 e. The molecule has 1 N–H and O–H groups in total. The molecule has 0 aliphatic rings. The Morgan fingerprint density at radius 2 is 1.79 bits per heavy atom. The van der Waals surface area contributed by atoms with E-state index in [1.165, 1.54) is 0 Å². The third kappa shape index (κ3) is 4.35. The van der Waals surface area contributed by atoms with Crippen molar-refractivity contribution in [2.45, 2.75) is 44.8 Å². The Morgan fingerprint density at radius 1 is 1.21 bits per heavy atom. The summed E-state index contributed by atoms with van der Waals surface area (Å²) in [6, 6.07) is 9.13. The van der Waals surface area contributed by atoms with Crippen LogP contribution in [0.25, 0.3) is 0 Å². The summed E-state index contributed by atoms with van der Waals surface area (Å²) < 4.78 is 26.0. The molecule has 0 saturated heterocycles. The molecule has 0 radical (unpaired) electrons. The Morgan fingerprint density at radius 3 is 2.32 bits per heavy atom. The van der Waals surface area contributed by atoms with Crippen LogP contribution >= 0.6 is 0 Å². The van der Waals surface area contributed by atoms with Crippen molar-refractivity contribution in [1.82, 2.24) is 4.72 Å². The molecule has 4 nitrogen and oxygen atoms in total. The number of carbonyl (C=O) groups is 1. The van der Waals surface area contributed by atoms with Crippen LogP contribution in [-0.4, -0.2) is 19.6 Å². The number of carbonyl (C=O) groups excluding carboxylic acids is 1. The quantitative estimate of drug-likeness (QED) is 0.872. The second-order valence-corrected chi connectivity index (χ2v) is 6.84. The smallest absolute Gasteiger partial charge is 0.240 e. The number of sulfonamides is 1. The monoisotopic (exact) mass is 283 g/mol. The van der Waals surface area contributed by atoms with Crippen LogP contribution in [0.3, 0.4) is 0 Å². The van der Waals surface area contributed by atoms with E-state index in [0.717, 1.165) is 12.0 Å². The van der Waals surface area contributed by atoms with E-state index in [1.807, 2.05) is 37.3 Å². The van der Waals surface area contributed by atoms with Crippen molar-refractivity contribution in [3.63, 3.8) is 0 Å². The molecular weight excluding hydrogens is 262 g/mol. The van der Waals surface area contributed by atoms with Crippen LogP contribution in [0.5, 0.6) is 0 Å². The highest BCUT2D eigenvalue weighted by Crippen LogP contribution is 2.16. The molecule has 1 amide bonds. The molecule has 1 rings (SSSR count). The van der Waals surface area contributed by atoms with E-state index in [0.29, 0.717) is 6.42 Å². The highest BCUT2D eigenvalue weighted by atomic mass is 32.2. The predicted molar refractivity (Wildman–Crippen MR) is 76.3 cm³/mol. The summed E-state index contributed by atoms with van der Waals surface area (Å²) in [4.78, 5) is 12.0. The summed E-state index contributed by atoms with van der Waals surface area (Å²) in [5.74, 6) is -0.959. The summed E-state index contributed by atoms with van der Waals surface area (Å²) >= 11 is 0. The first-order valence-corrected chi connectivity index (χ1v) is 8.03. The minimum Gasteiger partial charge on any atom is -0.273 e. The molecule has 5 heteroatoms. The Labute approximate surface area is 115 Å². The van der Waals surface area contributed by atoms with Gasteiger partial charge in [0.2, 0.25) is 15.9 Å². The van der Waals surface area contributed by atoms with Crippen molar-refractivity contribution < 1.29 is 13.2 Å². The van der Waals surface area contributed by atoms with E-state index in [-0.39, 0.29) is 0 Å². The maximum Gasteiger partial charge on any atom is 0.240 e. The van der Waals surface area contributed by atoms with Gasteiger partial charge in [-0.1, -0.05) is 43.7 Å². The predicted octanol–water partition coefficient (Wildman–Crippen LogP) is 2.42. The first kappa shape index (κ1) is 15.7. The number of benzene rings is 1. The van der Waals surface area contributed by atoms with E-state index in [4.69, 9.17) is 0 Å². The van der Waals surface area contributed by atoms with Gasteiger partial charge in [-0.25, -0.2) is 8.42 Å². The molecule has 19 heavy (non-hydrogen) atoms. The summed E-state index contributed by atoms with van der Waals surface area (Å²) in [5, 5.41) is -0.551. The molecule has 0 aromatic heterocycles. The van der Waals surface area contributed by atoms with E-state index >= 15 is 0 Å². The van der Waals surface area contributed by atoms with Gasteiger partial charge in [-0.15, -0.1) is 0 Å². The Kier molecular flexibility index (Phi) is 5.54. The Bertz CT molecular complexity index is 511. The molecule has 0 fully saturated rings. The number of nitrogens with one attached hydrogen (secondary N) is 1. The lowest BCUT2D eigenvalue weighted by Gasteiger charge is -2.16. The summed E-state index contributed by atoms with van der Waals surface area (Å²) in [5.41, 5.74) is 0.804. The van der Waals surface area contributed by atoms with E-state index < -0.39 is 27.1 Å². The van der Waals surface area contributed by atoms with Crippen LogP contribution in [0.15, 0.2) is 30.3 Å². The molecule has 0 heterocycles. The zero-order chi connectivity index (χ0) is 14.5. The molecule has 0 saturated carbocycles. The fourth-order valence-electron chi connectivity index (χ4n) is 1.78. The van der Waals surface area contributed by atoms with Crippen molar-refractivity contribution in [3.8, 4) is 0 Å². The summed E-state index contributed by atoms with van der Waals surface area (Å²) in [6.45, 7) is 5.23. The van der Waals surface area contributed by atoms with Crippen molar-refractivity contribution in [2.75, 3.05) is 0 Å². The highest BCUT2D eigenvalue weighted by Gasteiger charge is 2.25. The van der Waals surface area contributed by atoms with Crippen molar-refractivity contribution in [3.05, 3.63) is 35.9 Å². The molecule has 1 aromatic rings. The lowest BCUT2D eigenvalue weighted by atomic mass is 10.0. The lowest BCUT2D eigenvalue weighted by molar-refractivity contribution is -0.120. The van der Waals surface area contributed by atoms with E-state index in [2.05, 4.69) is 4.72 Å². The third-order valence-electron chi connectivity index (χ3n) is 3.16. The van der Waals surface area contributed by atoms with Crippen LogP contribution in [0.2, 0.25) is 0 Å². The SMILES string of the molecule is CCCC(C)S(=O)(=O)NC(=O)C(C)c1ccccc1. The Balaban J connectivity index is 2.75. The first-order valence-electron chi connectivity index (χ1n) is 6.49.